The lowest BCUT2D eigenvalue weighted by molar-refractivity contribution is -0.204. The Hall–Kier alpha value is -0.420. The first-order valence-corrected chi connectivity index (χ1v) is 7.19. The Morgan fingerprint density at radius 3 is 2.79 bits per heavy atom. The fraction of sp³-hybridized carbons (Fsp3) is 0.867. The van der Waals surface area contributed by atoms with Crippen molar-refractivity contribution in [2.24, 2.45) is 10.8 Å². The molecule has 1 spiro atoms. The van der Waals surface area contributed by atoms with E-state index in [-0.39, 0.29) is 17.4 Å². The Morgan fingerprint density at radius 1 is 1.37 bits per heavy atom. The molecule has 2 N–H and O–H groups in total. The highest BCUT2D eigenvalue weighted by Crippen LogP contribution is 2.77. The van der Waals surface area contributed by atoms with E-state index in [1.807, 2.05) is 0 Å². The molecule has 4 nitrogen and oxygen atoms in total. The van der Waals surface area contributed by atoms with E-state index >= 15 is 0 Å². The minimum absolute atomic E-state index is 0.0878. The molecule has 3 fully saturated rings. The Bertz CT molecular complexity index is 489. The summed E-state index contributed by atoms with van der Waals surface area (Å²) in [7, 11) is 0. The Morgan fingerprint density at radius 2 is 2.11 bits per heavy atom. The van der Waals surface area contributed by atoms with Gasteiger partial charge in [0.2, 0.25) is 0 Å². The van der Waals surface area contributed by atoms with Gasteiger partial charge in [0.25, 0.3) is 0 Å². The molecule has 6 atom stereocenters. The molecular weight excluding hydrogens is 244 g/mol. The van der Waals surface area contributed by atoms with Crippen molar-refractivity contribution < 1.29 is 19.7 Å². The van der Waals surface area contributed by atoms with Gasteiger partial charge in [-0.2, -0.15) is 0 Å². The van der Waals surface area contributed by atoms with Gasteiger partial charge in [-0.3, -0.25) is 0 Å². The summed E-state index contributed by atoms with van der Waals surface area (Å²) in [6.45, 7) is 6.36. The van der Waals surface area contributed by atoms with Crippen molar-refractivity contribution in [2.45, 2.75) is 63.6 Å². The molecule has 0 aromatic carbocycles. The number of rotatable bonds is 1. The van der Waals surface area contributed by atoms with Gasteiger partial charge in [0.1, 0.15) is 11.7 Å². The second-order valence-corrected chi connectivity index (χ2v) is 7.28. The number of hydrogen-bond acceptors (Lipinski definition) is 4. The van der Waals surface area contributed by atoms with Crippen molar-refractivity contribution in [2.75, 3.05) is 6.61 Å². The zero-order valence-electron chi connectivity index (χ0n) is 11.8. The summed E-state index contributed by atoms with van der Waals surface area (Å²) in [4.78, 5) is 0. The maximum Gasteiger partial charge on any atom is 0.195 e. The third kappa shape index (κ3) is 0.963. The topological polar surface area (TPSA) is 58.9 Å². The van der Waals surface area contributed by atoms with Crippen LogP contribution in [0.5, 0.6) is 0 Å². The highest BCUT2D eigenvalue weighted by atomic mass is 16.8. The predicted octanol–water partition coefficient (Wildman–Crippen LogP) is 1.36. The number of ether oxygens (including phenoxy) is 2. The summed E-state index contributed by atoms with van der Waals surface area (Å²) in [6.07, 6.45) is 3.79. The van der Waals surface area contributed by atoms with Crippen LogP contribution in [-0.2, 0) is 9.47 Å². The largest absolute Gasteiger partial charge is 0.393 e. The van der Waals surface area contributed by atoms with Crippen molar-refractivity contribution in [3.8, 4) is 0 Å². The van der Waals surface area contributed by atoms with E-state index in [9.17, 15) is 10.2 Å². The summed E-state index contributed by atoms with van der Waals surface area (Å²) >= 11 is 0. The molecular formula is C15H22O4. The first-order chi connectivity index (χ1) is 8.84. The van der Waals surface area contributed by atoms with Crippen LogP contribution >= 0.6 is 0 Å². The highest BCUT2D eigenvalue weighted by molar-refractivity contribution is 5.36. The lowest BCUT2D eigenvalue weighted by atomic mass is 9.53. The molecule has 0 radical (unpaired) electrons. The monoisotopic (exact) mass is 266 g/mol. The molecule has 106 valence electrons. The zero-order chi connectivity index (χ0) is 13.7. The van der Waals surface area contributed by atoms with Crippen molar-refractivity contribution in [1.82, 2.24) is 0 Å². The SMILES string of the molecule is CC1=C[C@]23O[C@@H]4[C@@H](O)C[C@@](C)([C@@]2(C)CC1)[C@]4(CO)O3. The number of aliphatic hydroxyl groups excluding tert-OH is 2. The van der Waals surface area contributed by atoms with Crippen molar-refractivity contribution in [3.05, 3.63) is 11.6 Å². The summed E-state index contributed by atoms with van der Waals surface area (Å²) in [5, 5.41) is 20.3. The molecule has 2 aliphatic carbocycles. The maximum absolute atomic E-state index is 10.3. The van der Waals surface area contributed by atoms with E-state index in [1.165, 1.54) is 5.57 Å². The number of allylic oxidation sites excluding steroid dienone is 1. The molecule has 19 heavy (non-hydrogen) atoms. The minimum atomic E-state index is -0.755. The highest BCUT2D eigenvalue weighted by Gasteiger charge is 2.86. The van der Waals surface area contributed by atoms with Crippen LogP contribution in [0.15, 0.2) is 11.6 Å². The summed E-state index contributed by atoms with van der Waals surface area (Å²) < 4.78 is 12.5. The average Bonchev–Trinajstić information content (AvgIpc) is 2.83. The Balaban J connectivity index is 1.98. The molecule has 4 rings (SSSR count). The smallest absolute Gasteiger partial charge is 0.195 e. The van der Waals surface area contributed by atoms with Gasteiger partial charge >= 0.3 is 0 Å². The molecule has 1 saturated carbocycles. The summed E-state index contributed by atoms with van der Waals surface area (Å²) in [5.41, 5.74) is 0.0953. The average molecular weight is 266 g/mol. The van der Waals surface area contributed by atoms with Crippen molar-refractivity contribution >= 4 is 0 Å². The number of fused-ring (bicyclic) bond motifs is 1. The van der Waals surface area contributed by atoms with Gasteiger partial charge in [-0.05, 0) is 32.3 Å². The van der Waals surface area contributed by atoms with Gasteiger partial charge in [-0.15, -0.1) is 0 Å². The van der Waals surface area contributed by atoms with Gasteiger partial charge < -0.3 is 19.7 Å². The first kappa shape index (κ1) is 12.3. The molecule has 0 unspecified atom stereocenters. The van der Waals surface area contributed by atoms with Crippen LogP contribution in [-0.4, -0.2) is 40.4 Å². The number of hydrogen-bond donors (Lipinski definition) is 2. The third-order valence-electron chi connectivity index (χ3n) is 6.67. The van der Waals surface area contributed by atoms with Crippen LogP contribution in [0.3, 0.4) is 0 Å². The van der Waals surface area contributed by atoms with Crippen LogP contribution in [0, 0.1) is 10.8 Å². The molecule has 2 bridgehead atoms. The quantitative estimate of drug-likeness (QED) is 0.704. The maximum atomic E-state index is 10.3. The van der Waals surface area contributed by atoms with Crippen LogP contribution in [0.1, 0.15) is 40.0 Å². The van der Waals surface area contributed by atoms with Gasteiger partial charge in [0, 0.05) is 10.8 Å². The van der Waals surface area contributed by atoms with E-state index in [0.717, 1.165) is 12.8 Å². The fourth-order valence-electron chi connectivity index (χ4n) is 5.28. The van der Waals surface area contributed by atoms with Gasteiger partial charge in [-0.1, -0.05) is 19.4 Å². The first-order valence-electron chi connectivity index (χ1n) is 7.19. The van der Waals surface area contributed by atoms with Gasteiger partial charge in [-0.25, -0.2) is 0 Å². The second-order valence-electron chi connectivity index (χ2n) is 7.28. The molecule has 0 amide bonds. The molecule has 4 aliphatic rings. The molecule has 0 aromatic rings. The van der Waals surface area contributed by atoms with Gasteiger partial charge in [0.15, 0.2) is 5.79 Å². The van der Waals surface area contributed by atoms with E-state index < -0.39 is 23.6 Å². The second kappa shape index (κ2) is 3.08. The van der Waals surface area contributed by atoms with E-state index in [2.05, 4.69) is 26.8 Å². The molecule has 2 heterocycles. The van der Waals surface area contributed by atoms with Crippen LogP contribution in [0.4, 0.5) is 0 Å². The Kier molecular flexibility index (Phi) is 2.00. The van der Waals surface area contributed by atoms with E-state index in [0.29, 0.717) is 6.42 Å². The lowest BCUT2D eigenvalue weighted by Gasteiger charge is -2.52. The fourth-order valence-corrected chi connectivity index (χ4v) is 5.28. The van der Waals surface area contributed by atoms with E-state index in [4.69, 9.17) is 9.47 Å². The van der Waals surface area contributed by atoms with E-state index in [1.54, 1.807) is 0 Å². The predicted molar refractivity (Wildman–Crippen MR) is 68.3 cm³/mol. The normalized spacial score (nSPS) is 62.3. The third-order valence-corrected chi connectivity index (χ3v) is 6.67. The van der Waals surface area contributed by atoms with Crippen molar-refractivity contribution in [3.63, 3.8) is 0 Å². The standard InChI is InChI=1S/C15H22O4/c1-9-4-5-12(2)13(3)7-10(17)11-14(13,8-16)19-15(12,6-9)18-11/h6,10-11,16-17H,4-5,7-8H2,1-3H3/t10-,11+,12+,13-,14+,15+/m0/s1. The molecule has 0 aromatic heterocycles. The summed E-state index contributed by atoms with van der Waals surface area (Å²) in [5.74, 6) is -0.755. The van der Waals surface area contributed by atoms with Crippen LogP contribution < -0.4 is 0 Å². The molecule has 2 aliphatic heterocycles. The van der Waals surface area contributed by atoms with Crippen molar-refractivity contribution in [1.29, 1.82) is 0 Å². The van der Waals surface area contributed by atoms with Gasteiger partial charge in [0.05, 0.1) is 12.7 Å². The Labute approximate surface area is 113 Å². The zero-order valence-corrected chi connectivity index (χ0v) is 11.8. The molecule has 2 saturated heterocycles. The van der Waals surface area contributed by atoms with Crippen LogP contribution in [0.25, 0.3) is 0 Å². The number of aliphatic hydroxyl groups is 2. The minimum Gasteiger partial charge on any atom is -0.393 e. The lowest BCUT2D eigenvalue weighted by Crippen LogP contribution is -2.60. The van der Waals surface area contributed by atoms with Crippen LogP contribution in [0.2, 0.25) is 0 Å². The summed E-state index contributed by atoms with van der Waals surface area (Å²) in [6, 6.07) is 0. The molecule has 4 heteroatoms.